The molecule has 1 aromatic heterocycles. The number of rotatable bonds is 7. The molecule has 1 saturated heterocycles. The van der Waals surface area contributed by atoms with E-state index in [1.54, 1.807) is 13.3 Å². The summed E-state index contributed by atoms with van der Waals surface area (Å²) >= 11 is 0. The van der Waals surface area contributed by atoms with E-state index in [0.717, 1.165) is 56.2 Å². The maximum Gasteiger partial charge on any atom is 0.223 e. The van der Waals surface area contributed by atoms with Crippen LogP contribution in [-0.4, -0.2) is 54.0 Å². The Balaban J connectivity index is 1.25. The van der Waals surface area contributed by atoms with Crippen LogP contribution < -0.4 is 4.74 Å². The Hall–Kier alpha value is -3.12. The highest BCUT2D eigenvalue weighted by Crippen LogP contribution is 2.21. The smallest absolute Gasteiger partial charge is 0.223 e. The van der Waals surface area contributed by atoms with Crippen LogP contribution in [0.25, 0.3) is 11.3 Å². The van der Waals surface area contributed by atoms with E-state index in [-0.39, 0.29) is 5.91 Å². The molecule has 0 radical (unpaired) electrons. The molecule has 0 unspecified atom stereocenters. The molecule has 0 aliphatic carbocycles. The summed E-state index contributed by atoms with van der Waals surface area (Å²) in [7, 11) is 1.68. The molecule has 1 aliphatic rings. The van der Waals surface area contributed by atoms with E-state index in [2.05, 4.69) is 41.1 Å². The summed E-state index contributed by atoms with van der Waals surface area (Å²) in [6, 6.07) is 16.4. The summed E-state index contributed by atoms with van der Waals surface area (Å²) in [6.45, 7) is 6.39. The minimum absolute atomic E-state index is 0.173. The summed E-state index contributed by atoms with van der Waals surface area (Å²) in [5, 5.41) is 0. The Morgan fingerprint density at radius 2 is 1.81 bits per heavy atom. The van der Waals surface area contributed by atoms with Crippen molar-refractivity contribution in [2.75, 3.05) is 33.3 Å². The number of carbonyl (C=O) groups excluding carboxylic acids is 1. The van der Waals surface area contributed by atoms with Crippen LogP contribution in [0.15, 0.2) is 59.1 Å². The van der Waals surface area contributed by atoms with Crippen molar-refractivity contribution < 1.29 is 13.9 Å². The first-order chi connectivity index (χ1) is 15.6. The number of hydrogen-bond donors (Lipinski definition) is 0. The van der Waals surface area contributed by atoms with Crippen LogP contribution in [-0.2, 0) is 17.8 Å². The van der Waals surface area contributed by atoms with Crippen LogP contribution in [0.2, 0.25) is 0 Å². The molecule has 0 spiro atoms. The normalized spacial score (nSPS) is 14.9. The number of hydrogen-bond acceptors (Lipinski definition) is 5. The van der Waals surface area contributed by atoms with Crippen LogP contribution in [0.4, 0.5) is 0 Å². The topological polar surface area (TPSA) is 58.8 Å². The quantitative estimate of drug-likeness (QED) is 0.555. The monoisotopic (exact) mass is 433 g/mol. The summed E-state index contributed by atoms with van der Waals surface area (Å²) in [4.78, 5) is 21.6. The van der Waals surface area contributed by atoms with Gasteiger partial charge in [0.2, 0.25) is 5.91 Å². The van der Waals surface area contributed by atoms with Gasteiger partial charge < -0.3 is 14.1 Å². The molecule has 32 heavy (non-hydrogen) atoms. The lowest BCUT2D eigenvalue weighted by atomic mass is 10.1. The van der Waals surface area contributed by atoms with Crippen LogP contribution in [0.5, 0.6) is 5.75 Å². The van der Waals surface area contributed by atoms with Gasteiger partial charge in [0.1, 0.15) is 5.75 Å². The minimum Gasteiger partial charge on any atom is -0.497 e. The van der Waals surface area contributed by atoms with Gasteiger partial charge in [-0.2, -0.15) is 0 Å². The fourth-order valence-electron chi connectivity index (χ4n) is 4.02. The van der Waals surface area contributed by atoms with Crippen molar-refractivity contribution in [3.8, 4) is 17.1 Å². The highest BCUT2D eigenvalue weighted by atomic mass is 16.5. The molecule has 1 aliphatic heterocycles. The number of oxazole rings is 1. The summed E-state index contributed by atoms with van der Waals surface area (Å²) in [5.41, 5.74) is 3.48. The Bertz CT molecular complexity index is 1010. The standard InChI is InChI=1S/C26H31N3O3/c1-20-4-8-22(9-5-20)24-18-27-25(32-24)12-13-26(30)29-15-3-14-28(16-17-29)19-21-6-10-23(31-2)11-7-21/h4-11,18H,3,12-17,19H2,1-2H3. The van der Waals surface area contributed by atoms with Gasteiger partial charge in [0.05, 0.1) is 13.3 Å². The largest absolute Gasteiger partial charge is 0.497 e. The maximum atomic E-state index is 12.8. The van der Waals surface area contributed by atoms with E-state index in [0.29, 0.717) is 18.7 Å². The van der Waals surface area contributed by atoms with Crippen molar-refractivity contribution >= 4 is 5.91 Å². The number of amides is 1. The Labute approximate surface area is 189 Å². The average Bonchev–Trinajstić information content (AvgIpc) is 3.17. The highest BCUT2D eigenvalue weighted by Gasteiger charge is 2.20. The van der Waals surface area contributed by atoms with Gasteiger partial charge in [-0.15, -0.1) is 0 Å². The molecule has 1 fully saturated rings. The third-order valence-electron chi connectivity index (χ3n) is 5.95. The zero-order chi connectivity index (χ0) is 22.3. The van der Waals surface area contributed by atoms with E-state index in [1.807, 2.05) is 29.2 Å². The Morgan fingerprint density at radius 1 is 1.03 bits per heavy atom. The van der Waals surface area contributed by atoms with Crippen molar-refractivity contribution in [1.82, 2.24) is 14.8 Å². The molecular formula is C26H31N3O3. The molecule has 0 saturated carbocycles. The lowest BCUT2D eigenvalue weighted by Crippen LogP contribution is -2.35. The lowest BCUT2D eigenvalue weighted by molar-refractivity contribution is -0.131. The number of aromatic nitrogens is 1. The molecule has 168 valence electrons. The Morgan fingerprint density at radius 3 is 2.56 bits per heavy atom. The first kappa shape index (κ1) is 22.1. The van der Waals surface area contributed by atoms with Gasteiger partial charge in [-0.25, -0.2) is 4.98 Å². The van der Waals surface area contributed by atoms with E-state index in [4.69, 9.17) is 9.15 Å². The van der Waals surface area contributed by atoms with E-state index in [9.17, 15) is 4.79 Å². The number of carbonyl (C=O) groups is 1. The summed E-state index contributed by atoms with van der Waals surface area (Å²) in [5.74, 6) is 2.41. The van der Waals surface area contributed by atoms with E-state index in [1.165, 1.54) is 11.1 Å². The predicted octanol–water partition coefficient (Wildman–Crippen LogP) is 4.33. The molecular weight excluding hydrogens is 402 g/mol. The van der Waals surface area contributed by atoms with Crippen LogP contribution in [0, 0.1) is 6.92 Å². The van der Waals surface area contributed by atoms with Gasteiger partial charge in [0.25, 0.3) is 0 Å². The van der Waals surface area contributed by atoms with Crippen molar-refractivity contribution in [2.45, 2.75) is 32.7 Å². The summed E-state index contributed by atoms with van der Waals surface area (Å²) in [6.07, 6.45) is 3.68. The third kappa shape index (κ3) is 5.77. The average molecular weight is 434 g/mol. The van der Waals surface area contributed by atoms with Crippen molar-refractivity contribution in [3.05, 3.63) is 71.7 Å². The zero-order valence-electron chi connectivity index (χ0n) is 18.9. The molecule has 4 rings (SSSR count). The fraction of sp³-hybridized carbons (Fsp3) is 0.385. The van der Waals surface area contributed by atoms with E-state index < -0.39 is 0 Å². The number of aryl methyl sites for hydroxylation is 2. The molecule has 2 heterocycles. The zero-order valence-corrected chi connectivity index (χ0v) is 18.9. The van der Waals surface area contributed by atoms with Crippen LogP contribution in [0.1, 0.15) is 29.9 Å². The molecule has 6 nitrogen and oxygen atoms in total. The number of methoxy groups -OCH3 is 1. The SMILES string of the molecule is COc1ccc(CN2CCCN(C(=O)CCc3ncc(-c4ccc(C)cc4)o3)CC2)cc1. The van der Waals surface area contributed by atoms with Gasteiger partial charge >= 0.3 is 0 Å². The van der Waals surface area contributed by atoms with Gasteiger partial charge in [0, 0.05) is 51.1 Å². The second-order valence-corrected chi connectivity index (χ2v) is 8.34. The van der Waals surface area contributed by atoms with Gasteiger partial charge in [-0.1, -0.05) is 42.0 Å². The molecule has 0 bridgehead atoms. The molecule has 2 aromatic carbocycles. The number of nitrogens with zero attached hydrogens (tertiary/aromatic N) is 3. The van der Waals surface area contributed by atoms with Crippen LogP contribution >= 0.6 is 0 Å². The molecule has 6 heteroatoms. The lowest BCUT2D eigenvalue weighted by Gasteiger charge is -2.22. The van der Waals surface area contributed by atoms with Crippen molar-refractivity contribution in [2.24, 2.45) is 0 Å². The second kappa shape index (κ2) is 10.5. The van der Waals surface area contributed by atoms with Crippen LogP contribution in [0.3, 0.4) is 0 Å². The molecule has 0 atom stereocenters. The maximum absolute atomic E-state index is 12.8. The predicted molar refractivity (Wildman–Crippen MR) is 124 cm³/mol. The Kier molecular flexibility index (Phi) is 7.22. The number of benzene rings is 2. The first-order valence-electron chi connectivity index (χ1n) is 11.3. The molecule has 3 aromatic rings. The first-order valence-corrected chi connectivity index (χ1v) is 11.3. The highest BCUT2D eigenvalue weighted by molar-refractivity contribution is 5.76. The molecule has 1 amide bonds. The summed E-state index contributed by atoms with van der Waals surface area (Å²) < 4.78 is 11.1. The minimum atomic E-state index is 0.173. The van der Waals surface area contributed by atoms with Crippen molar-refractivity contribution in [3.63, 3.8) is 0 Å². The van der Waals surface area contributed by atoms with Crippen molar-refractivity contribution in [1.29, 1.82) is 0 Å². The number of ether oxygens (including phenoxy) is 1. The third-order valence-corrected chi connectivity index (χ3v) is 5.95. The van der Waals surface area contributed by atoms with E-state index >= 15 is 0 Å². The van der Waals surface area contributed by atoms with Gasteiger partial charge in [0.15, 0.2) is 11.7 Å². The van der Waals surface area contributed by atoms with Gasteiger partial charge in [-0.3, -0.25) is 9.69 Å². The second-order valence-electron chi connectivity index (χ2n) is 8.34. The molecule has 0 N–H and O–H groups in total. The van der Waals surface area contributed by atoms with Gasteiger partial charge in [-0.05, 0) is 31.0 Å². The fourth-order valence-corrected chi connectivity index (χ4v) is 4.02.